The van der Waals surface area contributed by atoms with Crippen molar-refractivity contribution in [2.45, 2.75) is 13.3 Å². The molecule has 0 aromatic heterocycles. The fourth-order valence-electron chi connectivity index (χ4n) is 0.724. The lowest BCUT2D eigenvalue weighted by atomic mass is 10.2. The van der Waals surface area contributed by atoms with Crippen molar-refractivity contribution in [3.05, 3.63) is 33.4 Å². The quantitative estimate of drug-likeness (QED) is 0.494. The zero-order valence-electron chi connectivity index (χ0n) is 6.39. The predicted octanol–water partition coefficient (Wildman–Crippen LogP) is 3.05. The van der Waals surface area contributed by atoms with Crippen LogP contribution in [0.25, 0.3) is 0 Å². The summed E-state index contributed by atoms with van der Waals surface area (Å²) in [6.07, 6.45) is 0.923. The van der Waals surface area contributed by atoms with E-state index >= 15 is 0 Å². The van der Waals surface area contributed by atoms with Gasteiger partial charge in [-0.15, -0.1) is 0 Å². The summed E-state index contributed by atoms with van der Waals surface area (Å²) in [4.78, 5) is 0. The molecule has 0 bridgehead atoms. The Bertz CT molecular complexity index is 274. The minimum atomic E-state index is 0.923. The predicted molar refractivity (Wildman–Crippen MR) is 56.3 cm³/mol. The van der Waals surface area contributed by atoms with Gasteiger partial charge in [-0.1, -0.05) is 18.8 Å². The van der Waals surface area contributed by atoms with Gasteiger partial charge in [-0.2, -0.15) is 0 Å². The second kappa shape index (κ2) is 4.40. The fourth-order valence-corrected chi connectivity index (χ4v) is 1.08. The summed E-state index contributed by atoms with van der Waals surface area (Å²) in [5.74, 6) is 6.10. The Morgan fingerprint density at radius 1 is 1.27 bits per heavy atom. The van der Waals surface area contributed by atoms with E-state index in [0.717, 1.165) is 12.0 Å². The highest BCUT2D eigenvalue weighted by Crippen LogP contribution is 2.05. The number of halogens is 1. The van der Waals surface area contributed by atoms with E-state index in [0.29, 0.717) is 0 Å². The molecule has 0 amide bonds. The van der Waals surface area contributed by atoms with E-state index < -0.39 is 0 Å². The minimum Gasteiger partial charge on any atom is -0.0982 e. The van der Waals surface area contributed by atoms with E-state index in [1.54, 1.807) is 0 Å². The molecule has 1 rings (SSSR count). The summed E-state index contributed by atoms with van der Waals surface area (Å²) in [6.45, 7) is 2.06. The summed E-state index contributed by atoms with van der Waals surface area (Å²) in [7, 11) is 0. The molecule has 1 heteroatoms. The first-order valence-corrected chi connectivity index (χ1v) is 4.65. The molecule has 1 aromatic carbocycles. The van der Waals surface area contributed by atoms with Gasteiger partial charge in [-0.05, 0) is 46.9 Å². The normalized spacial score (nSPS) is 8.55. The van der Waals surface area contributed by atoms with E-state index in [9.17, 15) is 0 Å². The van der Waals surface area contributed by atoms with Gasteiger partial charge in [0.25, 0.3) is 0 Å². The van der Waals surface area contributed by atoms with Crippen LogP contribution in [0.3, 0.4) is 0 Å². The van der Waals surface area contributed by atoms with Crippen LogP contribution in [0.15, 0.2) is 24.3 Å². The number of benzene rings is 1. The number of hydrogen-bond donors (Lipinski definition) is 0. The maximum absolute atomic E-state index is 3.07. The van der Waals surface area contributed by atoms with Crippen molar-refractivity contribution in [2.24, 2.45) is 0 Å². The first-order chi connectivity index (χ1) is 5.33. The van der Waals surface area contributed by atoms with E-state index in [-0.39, 0.29) is 0 Å². The van der Waals surface area contributed by atoms with E-state index in [2.05, 4.69) is 53.5 Å². The number of hydrogen-bond acceptors (Lipinski definition) is 0. The molecule has 0 aliphatic rings. The van der Waals surface area contributed by atoms with Gasteiger partial charge in [0.2, 0.25) is 0 Å². The highest BCUT2D eigenvalue weighted by atomic mass is 127. The molecule has 0 nitrogen and oxygen atoms in total. The topological polar surface area (TPSA) is 0 Å². The SMILES string of the molecule is CCC#Cc1ccc(I)cc1. The van der Waals surface area contributed by atoms with Crippen LogP contribution in [-0.2, 0) is 0 Å². The van der Waals surface area contributed by atoms with Crippen molar-refractivity contribution in [3.63, 3.8) is 0 Å². The maximum atomic E-state index is 3.07. The fraction of sp³-hybridized carbons (Fsp3) is 0.200. The zero-order chi connectivity index (χ0) is 8.10. The Labute approximate surface area is 81.2 Å². The molecule has 56 valence electrons. The lowest BCUT2D eigenvalue weighted by Crippen LogP contribution is -1.73. The smallest absolute Gasteiger partial charge is 0.0245 e. The second-order valence-electron chi connectivity index (χ2n) is 2.16. The van der Waals surface area contributed by atoms with Gasteiger partial charge in [-0.25, -0.2) is 0 Å². The van der Waals surface area contributed by atoms with Crippen LogP contribution < -0.4 is 0 Å². The first kappa shape index (κ1) is 8.61. The average molecular weight is 256 g/mol. The van der Waals surface area contributed by atoms with E-state index in [4.69, 9.17) is 0 Å². The third-order valence-corrected chi connectivity index (χ3v) is 1.97. The molecular weight excluding hydrogens is 247 g/mol. The molecule has 0 saturated heterocycles. The van der Waals surface area contributed by atoms with Gasteiger partial charge in [0.15, 0.2) is 0 Å². The van der Waals surface area contributed by atoms with Crippen molar-refractivity contribution >= 4 is 22.6 Å². The van der Waals surface area contributed by atoms with Crippen LogP contribution in [-0.4, -0.2) is 0 Å². The third kappa shape index (κ3) is 2.94. The third-order valence-electron chi connectivity index (χ3n) is 1.25. The highest BCUT2D eigenvalue weighted by molar-refractivity contribution is 14.1. The summed E-state index contributed by atoms with van der Waals surface area (Å²) in [6, 6.07) is 8.23. The Morgan fingerprint density at radius 3 is 2.45 bits per heavy atom. The van der Waals surface area contributed by atoms with E-state index in [1.165, 1.54) is 3.57 Å². The lowest BCUT2D eigenvalue weighted by Gasteiger charge is -1.89. The summed E-state index contributed by atoms with van der Waals surface area (Å²) < 4.78 is 1.25. The van der Waals surface area contributed by atoms with Crippen molar-refractivity contribution in [2.75, 3.05) is 0 Å². The van der Waals surface area contributed by atoms with Crippen molar-refractivity contribution in [3.8, 4) is 11.8 Å². The minimum absolute atomic E-state index is 0.923. The molecule has 0 radical (unpaired) electrons. The van der Waals surface area contributed by atoms with Gasteiger partial charge in [-0.3, -0.25) is 0 Å². The molecule has 0 aliphatic heterocycles. The van der Waals surface area contributed by atoms with Gasteiger partial charge in [0, 0.05) is 15.6 Å². The molecular formula is C10H9I. The van der Waals surface area contributed by atoms with Crippen LogP contribution in [0.2, 0.25) is 0 Å². The van der Waals surface area contributed by atoms with Gasteiger partial charge in [0.1, 0.15) is 0 Å². The van der Waals surface area contributed by atoms with Crippen molar-refractivity contribution in [1.29, 1.82) is 0 Å². The molecule has 0 atom stereocenters. The summed E-state index contributed by atoms with van der Waals surface area (Å²) >= 11 is 2.29. The van der Waals surface area contributed by atoms with Crippen molar-refractivity contribution < 1.29 is 0 Å². The standard InChI is InChI=1S/C10H9I/c1-2-3-4-9-5-7-10(11)8-6-9/h5-8H,2H2,1H3. The molecule has 11 heavy (non-hydrogen) atoms. The Balaban J connectivity index is 2.82. The molecule has 0 fully saturated rings. The van der Waals surface area contributed by atoms with E-state index in [1.807, 2.05) is 12.1 Å². The first-order valence-electron chi connectivity index (χ1n) is 3.57. The molecule has 0 aliphatic carbocycles. The Kier molecular flexibility index (Phi) is 3.44. The van der Waals surface area contributed by atoms with Crippen molar-refractivity contribution in [1.82, 2.24) is 0 Å². The Morgan fingerprint density at radius 2 is 1.91 bits per heavy atom. The maximum Gasteiger partial charge on any atom is 0.0245 e. The molecule has 0 spiro atoms. The van der Waals surface area contributed by atoms with Gasteiger partial charge < -0.3 is 0 Å². The van der Waals surface area contributed by atoms with Crippen LogP contribution in [0.1, 0.15) is 18.9 Å². The molecule has 0 heterocycles. The van der Waals surface area contributed by atoms with Gasteiger partial charge in [0.05, 0.1) is 0 Å². The molecule has 1 aromatic rings. The highest BCUT2D eigenvalue weighted by Gasteiger charge is 1.85. The van der Waals surface area contributed by atoms with Gasteiger partial charge >= 0.3 is 0 Å². The molecule has 0 N–H and O–H groups in total. The molecule has 0 saturated carbocycles. The summed E-state index contributed by atoms with van der Waals surface area (Å²) in [5, 5.41) is 0. The largest absolute Gasteiger partial charge is 0.0982 e. The lowest BCUT2D eigenvalue weighted by molar-refractivity contribution is 1.28. The second-order valence-corrected chi connectivity index (χ2v) is 3.41. The molecule has 0 unspecified atom stereocenters. The van der Waals surface area contributed by atoms with Crippen LogP contribution in [0.4, 0.5) is 0 Å². The number of rotatable bonds is 0. The monoisotopic (exact) mass is 256 g/mol. The summed E-state index contributed by atoms with van der Waals surface area (Å²) in [5.41, 5.74) is 1.10. The van der Waals surface area contributed by atoms with Crippen LogP contribution >= 0.6 is 22.6 Å². The Hall–Kier alpha value is -0.490. The van der Waals surface area contributed by atoms with Crippen LogP contribution in [0, 0.1) is 15.4 Å². The van der Waals surface area contributed by atoms with Crippen LogP contribution in [0.5, 0.6) is 0 Å². The average Bonchev–Trinajstić information content (AvgIpc) is 2.04. The zero-order valence-corrected chi connectivity index (χ0v) is 8.55.